The summed E-state index contributed by atoms with van der Waals surface area (Å²) < 4.78 is 0. The summed E-state index contributed by atoms with van der Waals surface area (Å²) >= 11 is 0. The summed E-state index contributed by atoms with van der Waals surface area (Å²) in [5, 5.41) is 0. The Hall–Kier alpha value is -0.0800. The predicted octanol–water partition coefficient (Wildman–Crippen LogP) is 4.36. The van der Waals surface area contributed by atoms with Crippen molar-refractivity contribution in [3.63, 3.8) is 0 Å². The molecule has 2 fully saturated rings. The van der Waals surface area contributed by atoms with Gasteiger partial charge in [0.1, 0.15) is 0 Å². The van der Waals surface area contributed by atoms with Gasteiger partial charge in [-0.15, -0.1) is 0 Å². The van der Waals surface area contributed by atoms with Crippen LogP contribution in [0.4, 0.5) is 0 Å². The van der Waals surface area contributed by atoms with Crippen molar-refractivity contribution < 1.29 is 0 Å². The van der Waals surface area contributed by atoms with Crippen LogP contribution in [0.1, 0.15) is 59.3 Å². The van der Waals surface area contributed by atoms with Crippen LogP contribution in [0.25, 0.3) is 0 Å². The van der Waals surface area contributed by atoms with E-state index in [0.717, 1.165) is 41.7 Å². The van der Waals surface area contributed by atoms with Gasteiger partial charge in [-0.05, 0) is 96.3 Å². The molecule has 2 saturated carbocycles. The van der Waals surface area contributed by atoms with Crippen LogP contribution in [0.5, 0.6) is 0 Å². The lowest BCUT2D eigenvalue weighted by Crippen LogP contribution is -2.46. The van der Waals surface area contributed by atoms with Crippen LogP contribution in [-0.2, 0) is 0 Å². The molecule has 0 saturated heterocycles. The molecule has 0 aromatic rings. The molecule has 0 heterocycles. The molecule has 2 heteroatoms. The number of hydrogen-bond donors (Lipinski definition) is 0. The highest BCUT2D eigenvalue weighted by Crippen LogP contribution is 2.47. The second-order valence-corrected chi connectivity index (χ2v) is 9.07. The molecule has 2 unspecified atom stereocenters. The SMILES string of the molecule is CC(C)[C@@H]1CC[C@@H](N(C)C)CC1C1C[C@@H](N(C)C)CC[C@H]1C. The molecule has 0 N–H and O–H groups in total. The summed E-state index contributed by atoms with van der Waals surface area (Å²) in [5.41, 5.74) is 0. The zero-order chi connectivity index (χ0) is 16.4. The van der Waals surface area contributed by atoms with E-state index >= 15 is 0 Å². The minimum atomic E-state index is 0.812. The first-order valence-corrected chi connectivity index (χ1v) is 9.64. The van der Waals surface area contributed by atoms with E-state index in [9.17, 15) is 0 Å². The smallest absolute Gasteiger partial charge is 0.00921 e. The van der Waals surface area contributed by atoms with Crippen LogP contribution >= 0.6 is 0 Å². The highest BCUT2D eigenvalue weighted by atomic mass is 15.1. The first-order valence-electron chi connectivity index (χ1n) is 9.64. The highest BCUT2D eigenvalue weighted by molar-refractivity contribution is 4.93. The topological polar surface area (TPSA) is 6.48 Å². The van der Waals surface area contributed by atoms with Gasteiger partial charge in [-0.1, -0.05) is 20.8 Å². The molecule has 0 aliphatic heterocycles. The quantitative estimate of drug-likeness (QED) is 0.761. The first kappa shape index (κ1) is 18.3. The van der Waals surface area contributed by atoms with Crippen LogP contribution in [0, 0.1) is 29.6 Å². The molecule has 0 radical (unpaired) electrons. The minimum absolute atomic E-state index is 0.812. The Morgan fingerprint density at radius 2 is 1.23 bits per heavy atom. The Morgan fingerprint density at radius 3 is 1.73 bits per heavy atom. The molecule has 2 aliphatic rings. The van der Waals surface area contributed by atoms with Crippen molar-refractivity contribution in [1.29, 1.82) is 0 Å². The van der Waals surface area contributed by atoms with Gasteiger partial charge in [0.25, 0.3) is 0 Å². The van der Waals surface area contributed by atoms with Crippen LogP contribution in [0.3, 0.4) is 0 Å². The lowest BCUT2D eigenvalue weighted by atomic mass is 9.60. The van der Waals surface area contributed by atoms with Crippen molar-refractivity contribution in [2.75, 3.05) is 28.2 Å². The average Bonchev–Trinajstić information content (AvgIpc) is 2.46. The van der Waals surface area contributed by atoms with Gasteiger partial charge in [0.15, 0.2) is 0 Å². The third-order valence-electron chi connectivity index (χ3n) is 7.02. The first-order chi connectivity index (χ1) is 10.3. The standard InChI is InChI=1S/C20H40N2/c1-14(2)18-11-10-17(22(6)7)13-20(18)19-12-16(21(4)5)9-8-15(19)3/h14-20H,8-13H2,1-7H3/t15-,16+,17-,18+,19?,20?/m1/s1. The lowest BCUT2D eigenvalue weighted by molar-refractivity contribution is 0.0124. The third-order valence-corrected chi connectivity index (χ3v) is 7.02. The van der Waals surface area contributed by atoms with Crippen LogP contribution in [-0.4, -0.2) is 50.1 Å². The third kappa shape index (κ3) is 4.06. The van der Waals surface area contributed by atoms with Gasteiger partial charge in [0.05, 0.1) is 0 Å². The van der Waals surface area contributed by atoms with Gasteiger partial charge in [0, 0.05) is 12.1 Å². The predicted molar refractivity (Wildman–Crippen MR) is 97.1 cm³/mol. The molecule has 130 valence electrons. The van der Waals surface area contributed by atoms with Crippen molar-refractivity contribution in [3.8, 4) is 0 Å². The van der Waals surface area contributed by atoms with Gasteiger partial charge in [0.2, 0.25) is 0 Å². The van der Waals surface area contributed by atoms with Gasteiger partial charge >= 0.3 is 0 Å². The monoisotopic (exact) mass is 308 g/mol. The summed E-state index contributed by atoms with van der Waals surface area (Å²) in [4.78, 5) is 4.97. The second-order valence-electron chi connectivity index (χ2n) is 9.07. The molecule has 6 atom stereocenters. The van der Waals surface area contributed by atoms with E-state index in [2.05, 4.69) is 58.8 Å². The van der Waals surface area contributed by atoms with E-state index < -0.39 is 0 Å². The van der Waals surface area contributed by atoms with Gasteiger partial charge in [-0.2, -0.15) is 0 Å². The Kier molecular flexibility index (Phi) is 6.36. The Bertz CT molecular complexity index is 337. The molecule has 0 spiro atoms. The zero-order valence-electron chi connectivity index (χ0n) is 16.2. The molecule has 2 aliphatic carbocycles. The summed E-state index contributed by atoms with van der Waals surface area (Å²) in [6, 6.07) is 1.63. The van der Waals surface area contributed by atoms with E-state index in [1.54, 1.807) is 0 Å². The van der Waals surface area contributed by atoms with Crippen molar-refractivity contribution in [3.05, 3.63) is 0 Å². The normalized spacial score (nSPS) is 40.6. The number of nitrogens with zero attached hydrogens (tertiary/aromatic N) is 2. The molecule has 0 bridgehead atoms. The molecule has 2 nitrogen and oxygen atoms in total. The summed E-state index contributed by atoms with van der Waals surface area (Å²) in [6.07, 6.45) is 8.56. The molecule has 0 amide bonds. The largest absolute Gasteiger partial charge is 0.306 e. The molecule has 0 aromatic heterocycles. The summed E-state index contributed by atoms with van der Waals surface area (Å²) in [6.45, 7) is 7.46. The Balaban J connectivity index is 2.15. The van der Waals surface area contributed by atoms with Crippen LogP contribution in [0.15, 0.2) is 0 Å². The maximum Gasteiger partial charge on any atom is 0.00921 e. The fraction of sp³-hybridized carbons (Fsp3) is 1.00. The molecular weight excluding hydrogens is 268 g/mol. The number of rotatable bonds is 4. The van der Waals surface area contributed by atoms with E-state index in [1.165, 1.54) is 38.5 Å². The molecule has 0 aromatic carbocycles. The van der Waals surface area contributed by atoms with Gasteiger partial charge in [-0.25, -0.2) is 0 Å². The van der Waals surface area contributed by atoms with Crippen molar-refractivity contribution in [2.24, 2.45) is 29.6 Å². The number of hydrogen-bond acceptors (Lipinski definition) is 2. The Morgan fingerprint density at radius 1 is 0.727 bits per heavy atom. The molecular formula is C20H40N2. The van der Waals surface area contributed by atoms with Crippen molar-refractivity contribution >= 4 is 0 Å². The summed E-state index contributed by atoms with van der Waals surface area (Å²) in [7, 11) is 9.12. The van der Waals surface area contributed by atoms with Crippen molar-refractivity contribution in [1.82, 2.24) is 9.80 Å². The second kappa shape index (κ2) is 7.66. The van der Waals surface area contributed by atoms with Gasteiger partial charge < -0.3 is 9.80 Å². The fourth-order valence-corrected chi connectivity index (χ4v) is 5.39. The van der Waals surface area contributed by atoms with E-state index in [4.69, 9.17) is 0 Å². The summed E-state index contributed by atoms with van der Waals surface area (Å²) in [5.74, 6) is 4.60. The zero-order valence-corrected chi connectivity index (χ0v) is 16.2. The lowest BCUT2D eigenvalue weighted by Gasteiger charge is -2.49. The van der Waals surface area contributed by atoms with E-state index in [-0.39, 0.29) is 0 Å². The molecule has 22 heavy (non-hydrogen) atoms. The average molecular weight is 309 g/mol. The maximum atomic E-state index is 2.53. The van der Waals surface area contributed by atoms with Gasteiger partial charge in [-0.3, -0.25) is 0 Å². The molecule has 2 rings (SSSR count). The van der Waals surface area contributed by atoms with Crippen LogP contribution < -0.4 is 0 Å². The van der Waals surface area contributed by atoms with E-state index in [0.29, 0.717) is 0 Å². The van der Waals surface area contributed by atoms with E-state index in [1.807, 2.05) is 0 Å². The van der Waals surface area contributed by atoms with Crippen molar-refractivity contribution in [2.45, 2.75) is 71.4 Å². The Labute approximate surface area is 139 Å². The fourth-order valence-electron chi connectivity index (χ4n) is 5.39. The van der Waals surface area contributed by atoms with Crippen LogP contribution in [0.2, 0.25) is 0 Å². The minimum Gasteiger partial charge on any atom is -0.306 e. The highest BCUT2D eigenvalue weighted by Gasteiger charge is 2.42. The maximum absolute atomic E-state index is 2.53.